The second kappa shape index (κ2) is 6.02. The molecule has 0 spiro atoms. The summed E-state index contributed by atoms with van der Waals surface area (Å²) in [5.74, 6) is 0.381. The van der Waals surface area contributed by atoms with E-state index in [0.29, 0.717) is 6.42 Å². The third-order valence-electron chi connectivity index (χ3n) is 2.28. The Balaban J connectivity index is 2.83. The fraction of sp³-hybridized carbons (Fsp3) is 0.308. The summed E-state index contributed by atoms with van der Waals surface area (Å²) < 4.78 is 0. The predicted octanol–water partition coefficient (Wildman–Crippen LogP) is 3.03. The molecular weight excluding hydrogens is 188 g/mol. The first-order valence-electron chi connectivity index (χ1n) is 5.17. The van der Waals surface area contributed by atoms with Crippen LogP contribution in [0.2, 0.25) is 0 Å². The normalized spacial score (nSPS) is 12.9. The number of aromatic hydroxyl groups is 1. The molecule has 1 atom stereocenters. The molecule has 0 bridgehead atoms. The highest BCUT2D eigenvalue weighted by Crippen LogP contribution is 2.22. The van der Waals surface area contributed by atoms with Gasteiger partial charge in [0.1, 0.15) is 12.0 Å². The summed E-state index contributed by atoms with van der Waals surface area (Å²) in [5, 5.41) is 9.16. The summed E-state index contributed by atoms with van der Waals surface area (Å²) in [5.41, 5.74) is 1.06. The van der Waals surface area contributed by atoms with Crippen LogP contribution in [0.4, 0.5) is 0 Å². The number of benzene rings is 1. The minimum atomic E-state index is 0.128. The largest absolute Gasteiger partial charge is 0.508 e. The Morgan fingerprint density at radius 2 is 2.00 bits per heavy atom. The van der Waals surface area contributed by atoms with Crippen LogP contribution >= 0.6 is 0 Å². The van der Waals surface area contributed by atoms with Gasteiger partial charge in [0.05, 0.1) is 0 Å². The van der Waals surface area contributed by atoms with Crippen LogP contribution in [0.25, 0.3) is 0 Å². The van der Waals surface area contributed by atoms with Crippen LogP contribution in [-0.2, 0) is 4.79 Å². The van der Waals surface area contributed by atoms with Gasteiger partial charge in [-0.1, -0.05) is 31.2 Å². The second-order valence-corrected chi connectivity index (χ2v) is 3.44. The summed E-state index contributed by atoms with van der Waals surface area (Å²) in [6.45, 7) is 2.06. The van der Waals surface area contributed by atoms with Crippen LogP contribution in [0.3, 0.4) is 0 Å². The fourth-order valence-corrected chi connectivity index (χ4v) is 1.45. The van der Waals surface area contributed by atoms with Crippen molar-refractivity contribution in [2.45, 2.75) is 25.7 Å². The van der Waals surface area contributed by atoms with Crippen molar-refractivity contribution < 1.29 is 9.90 Å². The molecule has 0 aliphatic carbocycles. The number of hydrogen-bond acceptors (Lipinski definition) is 2. The molecule has 2 heteroatoms. The smallest absolute Gasteiger partial charge is 0.120 e. The first kappa shape index (κ1) is 11.5. The van der Waals surface area contributed by atoms with E-state index in [1.54, 1.807) is 12.1 Å². The van der Waals surface area contributed by atoms with Gasteiger partial charge in [-0.05, 0) is 24.1 Å². The number of allylic oxidation sites excluding steroid dienone is 2. The van der Waals surface area contributed by atoms with Gasteiger partial charge in [-0.2, -0.15) is 0 Å². The lowest BCUT2D eigenvalue weighted by Gasteiger charge is -2.09. The summed E-state index contributed by atoms with van der Waals surface area (Å²) in [7, 11) is 0. The molecule has 0 amide bonds. The zero-order chi connectivity index (χ0) is 11.1. The molecule has 15 heavy (non-hydrogen) atoms. The Morgan fingerprint density at radius 1 is 1.33 bits per heavy atom. The molecule has 0 radical (unpaired) electrons. The van der Waals surface area contributed by atoms with Gasteiger partial charge in [0, 0.05) is 12.3 Å². The van der Waals surface area contributed by atoms with Gasteiger partial charge in [0.25, 0.3) is 0 Å². The maximum absolute atomic E-state index is 10.5. The number of rotatable bonds is 5. The Morgan fingerprint density at radius 3 is 2.53 bits per heavy atom. The molecule has 0 saturated heterocycles. The third-order valence-corrected chi connectivity index (χ3v) is 2.28. The molecule has 0 saturated carbocycles. The molecule has 1 aromatic carbocycles. The van der Waals surface area contributed by atoms with Crippen molar-refractivity contribution in [1.82, 2.24) is 0 Å². The SMILES string of the molecule is CC/C=C/[C@H](CC=O)c1ccc(O)cc1. The average Bonchev–Trinajstić information content (AvgIpc) is 2.25. The molecule has 0 unspecified atom stereocenters. The van der Waals surface area contributed by atoms with Crippen LogP contribution in [-0.4, -0.2) is 11.4 Å². The highest BCUT2D eigenvalue weighted by molar-refractivity contribution is 5.52. The average molecular weight is 204 g/mol. The van der Waals surface area contributed by atoms with Crippen LogP contribution in [0.5, 0.6) is 5.75 Å². The van der Waals surface area contributed by atoms with Crippen molar-refractivity contribution >= 4 is 6.29 Å². The fourth-order valence-electron chi connectivity index (χ4n) is 1.45. The highest BCUT2D eigenvalue weighted by Gasteiger charge is 2.06. The van der Waals surface area contributed by atoms with Crippen LogP contribution in [0, 0.1) is 0 Å². The van der Waals surface area contributed by atoms with E-state index in [9.17, 15) is 4.79 Å². The Bertz CT molecular complexity index is 325. The van der Waals surface area contributed by atoms with Crippen molar-refractivity contribution in [3.8, 4) is 5.75 Å². The monoisotopic (exact) mass is 204 g/mol. The number of carbonyl (C=O) groups excluding carboxylic acids is 1. The molecule has 1 aromatic rings. The van der Waals surface area contributed by atoms with Gasteiger partial charge in [-0.25, -0.2) is 0 Å². The van der Waals surface area contributed by atoms with E-state index in [1.807, 2.05) is 18.2 Å². The van der Waals surface area contributed by atoms with Gasteiger partial charge in [0.2, 0.25) is 0 Å². The topological polar surface area (TPSA) is 37.3 Å². The van der Waals surface area contributed by atoms with E-state index in [-0.39, 0.29) is 11.7 Å². The number of hydrogen-bond donors (Lipinski definition) is 1. The molecule has 2 nitrogen and oxygen atoms in total. The molecule has 0 heterocycles. The number of phenolic OH excluding ortho intramolecular Hbond substituents is 1. The molecule has 0 aliphatic rings. The van der Waals surface area contributed by atoms with E-state index >= 15 is 0 Å². The molecule has 0 aromatic heterocycles. The van der Waals surface area contributed by atoms with Crippen molar-refractivity contribution in [3.05, 3.63) is 42.0 Å². The maximum Gasteiger partial charge on any atom is 0.120 e. The second-order valence-electron chi connectivity index (χ2n) is 3.44. The van der Waals surface area contributed by atoms with Gasteiger partial charge < -0.3 is 9.90 Å². The lowest BCUT2D eigenvalue weighted by molar-refractivity contribution is -0.108. The first-order chi connectivity index (χ1) is 7.27. The van der Waals surface area contributed by atoms with Crippen LogP contribution in [0.1, 0.15) is 31.2 Å². The number of phenols is 1. The van der Waals surface area contributed by atoms with Gasteiger partial charge in [-0.15, -0.1) is 0 Å². The zero-order valence-corrected chi connectivity index (χ0v) is 8.89. The Labute approximate surface area is 90.3 Å². The van der Waals surface area contributed by atoms with Gasteiger partial charge >= 0.3 is 0 Å². The van der Waals surface area contributed by atoms with Crippen molar-refractivity contribution in [2.24, 2.45) is 0 Å². The van der Waals surface area contributed by atoms with Crippen molar-refractivity contribution in [1.29, 1.82) is 0 Å². The summed E-state index contributed by atoms with van der Waals surface area (Å²) in [6.07, 6.45) is 6.48. The molecule has 1 rings (SSSR count). The van der Waals surface area contributed by atoms with E-state index in [2.05, 4.69) is 13.0 Å². The maximum atomic E-state index is 10.5. The highest BCUT2D eigenvalue weighted by atomic mass is 16.3. The van der Waals surface area contributed by atoms with Crippen molar-refractivity contribution in [3.63, 3.8) is 0 Å². The summed E-state index contributed by atoms with van der Waals surface area (Å²) >= 11 is 0. The van der Waals surface area contributed by atoms with E-state index < -0.39 is 0 Å². The molecule has 80 valence electrons. The summed E-state index contributed by atoms with van der Waals surface area (Å²) in [6, 6.07) is 6.99. The van der Waals surface area contributed by atoms with Crippen LogP contribution in [0.15, 0.2) is 36.4 Å². The molecule has 1 N–H and O–H groups in total. The van der Waals surface area contributed by atoms with E-state index in [4.69, 9.17) is 5.11 Å². The standard InChI is InChI=1S/C13H16O2/c1-2-3-4-11(9-10-14)12-5-7-13(15)8-6-12/h3-8,10-11,15H,2,9H2,1H3/b4-3+/t11-/m1/s1. The molecule has 0 fully saturated rings. The minimum absolute atomic E-state index is 0.128. The third kappa shape index (κ3) is 3.58. The lowest BCUT2D eigenvalue weighted by Crippen LogP contribution is -1.95. The quantitative estimate of drug-likeness (QED) is 0.591. The van der Waals surface area contributed by atoms with E-state index in [0.717, 1.165) is 18.3 Å². The summed E-state index contributed by atoms with van der Waals surface area (Å²) in [4.78, 5) is 10.5. The number of carbonyl (C=O) groups is 1. The lowest BCUT2D eigenvalue weighted by atomic mass is 9.95. The van der Waals surface area contributed by atoms with Crippen molar-refractivity contribution in [2.75, 3.05) is 0 Å². The Kier molecular flexibility index (Phi) is 4.61. The molecule has 0 aliphatic heterocycles. The van der Waals surface area contributed by atoms with Gasteiger partial charge in [-0.3, -0.25) is 0 Å². The Hall–Kier alpha value is -1.57. The molecular formula is C13H16O2. The predicted molar refractivity (Wildman–Crippen MR) is 61.0 cm³/mol. The van der Waals surface area contributed by atoms with E-state index in [1.165, 1.54) is 0 Å². The number of aldehydes is 1. The van der Waals surface area contributed by atoms with Gasteiger partial charge in [0.15, 0.2) is 0 Å². The first-order valence-corrected chi connectivity index (χ1v) is 5.17. The minimum Gasteiger partial charge on any atom is -0.508 e. The zero-order valence-electron chi connectivity index (χ0n) is 8.89. The van der Waals surface area contributed by atoms with Crippen LogP contribution < -0.4 is 0 Å².